The van der Waals surface area contributed by atoms with Crippen LogP contribution in [0.4, 0.5) is 0 Å². The Labute approximate surface area is 101 Å². The predicted octanol–water partition coefficient (Wildman–Crippen LogP) is 0.553. The fourth-order valence-corrected chi connectivity index (χ4v) is 3.29. The number of hydrogen-bond donors (Lipinski definition) is 1. The van der Waals surface area contributed by atoms with Gasteiger partial charge in [0.05, 0.1) is 0 Å². The number of benzene rings is 1. The van der Waals surface area contributed by atoms with Crippen LogP contribution < -0.4 is 8.92 Å². The van der Waals surface area contributed by atoms with Gasteiger partial charge in [-0.2, -0.15) is 0 Å². The molecule has 16 heavy (non-hydrogen) atoms. The van der Waals surface area contributed by atoms with Crippen LogP contribution in [-0.2, 0) is 0 Å². The predicted molar refractivity (Wildman–Crippen MR) is 64.2 cm³/mol. The van der Waals surface area contributed by atoms with Gasteiger partial charge in [0.15, 0.2) is 0 Å². The molecule has 0 saturated carbocycles. The topological polar surface area (TPSA) is 52.5 Å². The van der Waals surface area contributed by atoms with Crippen molar-refractivity contribution in [2.24, 2.45) is 0 Å². The summed E-state index contributed by atoms with van der Waals surface area (Å²) in [7, 11) is 0. The molecule has 0 radical (unpaired) electrons. The van der Waals surface area contributed by atoms with Crippen molar-refractivity contribution in [3.63, 3.8) is 0 Å². The molecule has 80 valence electrons. The number of aromatic amines is 1. The Morgan fingerprint density at radius 2 is 1.94 bits per heavy atom. The Morgan fingerprint density at radius 1 is 1.25 bits per heavy atom. The van der Waals surface area contributed by atoms with Crippen LogP contribution in [-0.4, -0.2) is 25.2 Å². The zero-order valence-corrected chi connectivity index (χ0v) is 10.8. The van der Waals surface area contributed by atoms with Gasteiger partial charge in [0, 0.05) is 0 Å². The summed E-state index contributed by atoms with van der Waals surface area (Å²) in [6.07, 6.45) is 0. The minimum atomic E-state index is 0.259. The molecule has 0 fully saturated rings. The average Bonchev–Trinajstić information content (AvgIpc) is 2.62. The summed E-state index contributed by atoms with van der Waals surface area (Å²) in [4.78, 5) is 0. The van der Waals surface area contributed by atoms with Crippen molar-refractivity contribution in [3.05, 3.63) is 41.2 Å². The van der Waals surface area contributed by atoms with Gasteiger partial charge < -0.3 is 0 Å². The molecule has 0 unspecified atom stereocenters. The molecule has 1 aromatic carbocycles. The van der Waals surface area contributed by atoms with E-state index in [4.69, 9.17) is 5.26 Å². The third-order valence-electron chi connectivity index (χ3n) is 2.26. The molecule has 0 aliphatic rings. The van der Waals surface area contributed by atoms with Gasteiger partial charge in [0.1, 0.15) is 0 Å². The molecule has 0 aliphatic heterocycles. The molecule has 0 amide bonds. The summed E-state index contributed by atoms with van der Waals surface area (Å²) in [5.41, 5.74) is 2.92. The van der Waals surface area contributed by atoms with Gasteiger partial charge in [0.25, 0.3) is 0 Å². The first kappa shape index (κ1) is 10.9. The molecule has 0 spiro atoms. The van der Waals surface area contributed by atoms with Crippen molar-refractivity contribution in [2.75, 3.05) is 0 Å². The van der Waals surface area contributed by atoms with Crippen molar-refractivity contribution in [1.82, 2.24) is 10.2 Å². The van der Waals surface area contributed by atoms with E-state index in [1.54, 1.807) is 0 Å². The molecule has 0 atom stereocenters. The van der Waals surface area contributed by atoms with Crippen molar-refractivity contribution in [3.8, 4) is 6.07 Å². The van der Waals surface area contributed by atoms with E-state index >= 15 is 0 Å². The van der Waals surface area contributed by atoms with Crippen LogP contribution in [0.1, 0.15) is 17.0 Å². The summed E-state index contributed by atoms with van der Waals surface area (Å²) >= 11 is 0.259. The van der Waals surface area contributed by atoms with Crippen LogP contribution in [0.2, 0.25) is 0 Å². The number of H-pyrrole nitrogens is 1. The Morgan fingerprint density at radius 3 is 2.44 bits per heavy atom. The fourth-order valence-electron chi connectivity index (χ4n) is 1.41. The van der Waals surface area contributed by atoms with Gasteiger partial charge in [-0.25, -0.2) is 0 Å². The standard InChI is InChI=1S/C12H11N3Se/c1-8-12(9(2)15-14-8)16-11-5-3-10(7-13)4-6-11/h3-6H,1-2H3,(H,14,15). The van der Waals surface area contributed by atoms with E-state index < -0.39 is 0 Å². The van der Waals surface area contributed by atoms with Crippen molar-refractivity contribution in [1.29, 1.82) is 5.26 Å². The first-order valence-electron chi connectivity index (χ1n) is 4.90. The number of aromatic nitrogens is 2. The molecule has 0 saturated heterocycles. The second-order valence-corrected chi connectivity index (χ2v) is 5.78. The summed E-state index contributed by atoms with van der Waals surface area (Å²) in [5, 5.41) is 15.9. The van der Waals surface area contributed by atoms with Gasteiger partial charge in [-0.15, -0.1) is 0 Å². The van der Waals surface area contributed by atoms with Crippen molar-refractivity contribution in [2.45, 2.75) is 13.8 Å². The molecule has 2 aromatic rings. The summed E-state index contributed by atoms with van der Waals surface area (Å²) in [5.74, 6) is 0. The SMILES string of the molecule is Cc1n[nH]c(C)c1[Se]c1ccc(C#N)cc1. The van der Waals surface area contributed by atoms with Gasteiger partial charge in [-0.1, -0.05) is 0 Å². The maximum atomic E-state index is 8.71. The monoisotopic (exact) mass is 277 g/mol. The van der Waals surface area contributed by atoms with Crippen molar-refractivity contribution >= 4 is 23.9 Å². The Kier molecular flexibility index (Phi) is 3.09. The van der Waals surface area contributed by atoms with Gasteiger partial charge in [-0.3, -0.25) is 0 Å². The van der Waals surface area contributed by atoms with E-state index in [0.29, 0.717) is 5.56 Å². The minimum absolute atomic E-state index is 0.259. The van der Waals surface area contributed by atoms with Gasteiger partial charge in [0.2, 0.25) is 0 Å². The van der Waals surface area contributed by atoms with Crippen LogP contribution >= 0.6 is 0 Å². The zero-order chi connectivity index (χ0) is 11.5. The normalized spacial score (nSPS) is 10.1. The fraction of sp³-hybridized carbons (Fsp3) is 0.167. The molecule has 4 heteroatoms. The average molecular weight is 276 g/mol. The molecular formula is C12H11N3Se. The Bertz CT molecular complexity index is 515. The Hall–Kier alpha value is -1.56. The van der Waals surface area contributed by atoms with E-state index in [0.717, 1.165) is 11.4 Å². The molecular weight excluding hydrogens is 265 g/mol. The van der Waals surface area contributed by atoms with Crippen LogP contribution in [0, 0.1) is 25.2 Å². The third-order valence-corrected chi connectivity index (χ3v) is 5.02. The molecule has 2 rings (SSSR count). The quantitative estimate of drug-likeness (QED) is 0.815. The van der Waals surface area contributed by atoms with E-state index in [1.807, 2.05) is 38.1 Å². The number of nitrogens with one attached hydrogen (secondary N) is 1. The first-order chi connectivity index (χ1) is 7.70. The van der Waals surface area contributed by atoms with Crippen LogP contribution in [0.15, 0.2) is 24.3 Å². The third kappa shape index (κ3) is 2.16. The molecule has 1 aromatic heterocycles. The van der Waals surface area contributed by atoms with E-state index in [2.05, 4.69) is 16.3 Å². The van der Waals surface area contributed by atoms with E-state index in [-0.39, 0.29) is 15.0 Å². The second kappa shape index (κ2) is 4.52. The zero-order valence-electron chi connectivity index (χ0n) is 9.11. The van der Waals surface area contributed by atoms with E-state index in [9.17, 15) is 0 Å². The van der Waals surface area contributed by atoms with Gasteiger partial charge >= 0.3 is 100 Å². The number of nitrogens with zero attached hydrogens (tertiary/aromatic N) is 2. The van der Waals surface area contributed by atoms with Gasteiger partial charge in [-0.05, 0) is 0 Å². The number of rotatable bonds is 2. The Balaban J connectivity index is 2.25. The van der Waals surface area contributed by atoms with E-state index in [1.165, 1.54) is 8.92 Å². The molecule has 0 bridgehead atoms. The first-order valence-corrected chi connectivity index (χ1v) is 6.61. The second-order valence-electron chi connectivity index (χ2n) is 3.50. The molecule has 3 nitrogen and oxygen atoms in total. The van der Waals surface area contributed by atoms with Crippen molar-refractivity contribution < 1.29 is 0 Å². The summed E-state index contributed by atoms with van der Waals surface area (Å²) < 4.78 is 2.57. The van der Waals surface area contributed by atoms with Crippen LogP contribution in [0.5, 0.6) is 0 Å². The maximum absolute atomic E-state index is 8.71. The molecule has 0 aliphatic carbocycles. The molecule has 1 heterocycles. The summed E-state index contributed by atoms with van der Waals surface area (Å²) in [6.45, 7) is 4.06. The molecule has 1 N–H and O–H groups in total. The number of nitriles is 1. The van der Waals surface area contributed by atoms with Crippen LogP contribution in [0.25, 0.3) is 0 Å². The van der Waals surface area contributed by atoms with Crippen LogP contribution in [0.3, 0.4) is 0 Å². The summed E-state index contributed by atoms with van der Waals surface area (Å²) in [6, 6.07) is 9.89. The number of aryl methyl sites for hydroxylation is 2. The number of hydrogen-bond acceptors (Lipinski definition) is 2.